The van der Waals surface area contributed by atoms with Gasteiger partial charge in [-0.15, -0.1) is 0 Å². The van der Waals surface area contributed by atoms with Gasteiger partial charge in [0.1, 0.15) is 0 Å². The fraction of sp³-hybridized carbons (Fsp3) is 0.133. The molecule has 0 saturated heterocycles. The van der Waals surface area contributed by atoms with E-state index in [1.54, 1.807) is 12.1 Å². The van der Waals surface area contributed by atoms with E-state index in [2.05, 4.69) is 0 Å². The average molecular weight is 373 g/mol. The Morgan fingerprint density at radius 2 is 1.87 bits per heavy atom. The summed E-state index contributed by atoms with van der Waals surface area (Å²) in [5.41, 5.74) is 1.58. The second kappa shape index (κ2) is 7.31. The molecule has 2 rings (SSSR count). The number of nitrogens with zero attached hydrogens (tertiary/aromatic N) is 1. The molecule has 0 radical (unpaired) electrons. The number of anilines is 2. The third-order valence-electron chi connectivity index (χ3n) is 3.12. The number of hydrogen-bond donors (Lipinski definition) is 1. The Labute approximate surface area is 145 Å². The van der Waals surface area contributed by atoms with Crippen LogP contribution in [0.5, 0.6) is 0 Å². The van der Waals surface area contributed by atoms with Crippen LogP contribution < -0.4 is 4.90 Å². The number of benzene rings is 2. The zero-order valence-electron chi connectivity index (χ0n) is 12.0. The Hall–Kier alpha value is -1.60. The third kappa shape index (κ3) is 4.23. The molecule has 5 nitrogen and oxygen atoms in total. The SMILES string of the molecule is Cc1ccc(N(CS(=O)[O-])c2cc(Cl)cc(C(=O)O)c2Cl)cc1. The Morgan fingerprint density at radius 1 is 1.26 bits per heavy atom. The van der Waals surface area contributed by atoms with Gasteiger partial charge in [0.2, 0.25) is 0 Å². The first-order valence-corrected chi connectivity index (χ1v) is 8.42. The van der Waals surface area contributed by atoms with Crippen LogP contribution in [0.3, 0.4) is 0 Å². The van der Waals surface area contributed by atoms with Crippen molar-refractivity contribution in [3.05, 3.63) is 57.6 Å². The predicted octanol–water partition coefficient (Wildman–Crippen LogP) is 3.97. The summed E-state index contributed by atoms with van der Waals surface area (Å²) in [5, 5.41) is 9.27. The topological polar surface area (TPSA) is 80.7 Å². The van der Waals surface area contributed by atoms with Gasteiger partial charge in [0, 0.05) is 10.7 Å². The molecule has 1 unspecified atom stereocenters. The summed E-state index contributed by atoms with van der Waals surface area (Å²) in [6.45, 7) is 1.90. The molecule has 0 bridgehead atoms. The number of carboxylic acid groups (broad SMARTS) is 1. The smallest absolute Gasteiger partial charge is 0.337 e. The molecule has 2 aromatic carbocycles. The van der Waals surface area contributed by atoms with Crippen LogP contribution in [-0.2, 0) is 11.1 Å². The number of aromatic carboxylic acids is 1. The van der Waals surface area contributed by atoms with Gasteiger partial charge in [-0.1, -0.05) is 40.9 Å². The van der Waals surface area contributed by atoms with Crippen molar-refractivity contribution in [2.24, 2.45) is 0 Å². The van der Waals surface area contributed by atoms with Crippen molar-refractivity contribution in [2.45, 2.75) is 6.92 Å². The lowest BCUT2D eigenvalue weighted by Crippen LogP contribution is -2.22. The molecule has 23 heavy (non-hydrogen) atoms. The van der Waals surface area contributed by atoms with Gasteiger partial charge < -0.3 is 14.6 Å². The number of aryl methyl sites for hydroxylation is 1. The Morgan fingerprint density at radius 3 is 2.39 bits per heavy atom. The number of hydrogen-bond acceptors (Lipinski definition) is 4. The largest absolute Gasteiger partial charge is 0.771 e. The van der Waals surface area contributed by atoms with E-state index in [1.165, 1.54) is 17.0 Å². The summed E-state index contributed by atoms with van der Waals surface area (Å²) in [6, 6.07) is 9.72. The molecule has 8 heteroatoms. The van der Waals surface area contributed by atoms with E-state index in [4.69, 9.17) is 23.2 Å². The summed E-state index contributed by atoms with van der Waals surface area (Å²) in [6.07, 6.45) is 0. The molecule has 1 N–H and O–H groups in total. The summed E-state index contributed by atoms with van der Waals surface area (Å²) >= 11 is 9.70. The Balaban J connectivity index is 2.62. The lowest BCUT2D eigenvalue weighted by Gasteiger charge is -2.27. The fourth-order valence-corrected chi connectivity index (χ4v) is 3.04. The monoisotopic (exact) mass is 372 g/mol. The maximum Gasteiger partial charge on any atom is 0.337 e. The first-order chi connectivity index (χ1) is 10.8. The van der Waals surface area contributed by atoms with Gasteiger partial charge in [-0.25, -0.2) is 4.79 Å². The van der Waals surface area contributed by atoms with Gasteiger partial charge in [-0.3, -0.25) is 4.21 Å². The minimum Gasteiger partial charge on any atom is -0.771 e. The molecule has 0 aliphatic rings. The van der Waals surface area contributed by atoms with Gasteiger partial charge in [-0.2, -0.15) is 0 Å². The lowest BCUT2D eigenvalue weighted by atomic mass is 10.1. The maximum absolute atomic E-state index is 11.3. The van der Waals surface area contributed by atoms with E-state index in [-0.39, 0.29) is 27.2 Å². The molecule has 122 valence electrons. The number of rotatable bonds is 5. The fourth-order valence-electron chi connectivity index (χ4n) is 2.04. The van der Waals surface area contributed by atoms with Gasteiger partial charge in [-0.05, 0) is 42.3 Å². The van der Waals surface area contributed by atoms with Crippen LogP contribution in [0.1, 0.15) is 15.9 Å². The third-order valence-corrected chi connectivity index (χ3v) is 4.20. The normalized spacial score (nSPS) is 12.0. The van der Waals surface area contributed by atoms with Crippen molar-refractivity contribution in [1.29, 1.82) is 0 Å². The van der Waals surface area contributed by atoms with Gasteiger partial charge in [0.15, 0.2) is 0 Å². The molecule has 0 heterocycles. The molecular formula is C15H12Cl2NO4S-. The van der Waals surface area contributed by atoms with Crippen LogP contribution in [0.4, 0.5) is 11.4 Å². The van der Waals surface area contributed by atoms with Crippen molar-refractivity contribution < 1.29 is 18.7 Å². The Bertz CT molecular complexity index is 765. The highest BCUT2D eigenvalue weighted by atomic mass is 35.5. The predicted molar refractivity (Wildman–Crippen MR) is 90.5 cm³/mol. The minimum atomic E-state index is -2.41. The molecule has 2 aromatic rings. The van der Waals surface area contributed by atoms with Crippen LogP contribution in [0, 0.1) is 6.92 Å². The van der Waals surface area contributed by atoms with Gasteiger partial charge in [0.25, 0.3) is 0 Å². The molecule has 1 atom stereocenters. The zero-order chi connectivity index (χ0) is 17.1. The van der Waals surface area contributed by atoms with Crippen LogP contribution in [-0.4, -0.2) is 25.7 Å². The van der Waals surface area contributed by atoms with Crippen LogP contribution >= 0.6 is 23.2 Å². The summed E-state index contributed by atoms with van der Waals surface area (Å²) < 4.78 is 22.4. The van der Waals surface area contributed by atoms with Crippen molar-refractivity contribution in [3.8, 4) is 0 Å². The zero-order valence-corrected chi connectivity index (χ0v) is 14.3. The second-order valence-corrected chi connectivity index (χ2v) is 6.47. The van der Waals surface area contributed by atoms with E-state index >= 15 is 0 Å². The second-order valence-electron chi connectivity index (χ2n) is 4.79. The first kappa shape index (κ1) is 17.7. The van der Waals surface area contributed by atoms with Crippen LogP contribution in [0.2, 0.25) is 10.0 Å². The molecule has 0 fully saturated rings. The molecule has 0 saturated carbocycles. The first-order valence-electron chi connectivity index (χ1n) is 6.42. The minimum absolute atomic E-state index is 0.0760. The number of halogens is 2. The summed E-state index contributed by atoms with van der Waals surface area (Å²) in [4.78, 5) is 12.7. The van der Waals surface area contributed by atoms with E-state index < -0.39 is 17.0 Å². The van der Waals surface area contributed by atoms with E-state index in [0.29, 0.717) is 5.69 Å². The van der Waals surface area contributed by atoms with E-state index in [1.807, 2.05) is 19.1 Å². The van der Waals surface area contributed by atoms with Crippen molar-refractivity contribution >= 4 is 51.6 Å². The van der Waals surface area contributed by atoms with Crippen molar-refractivity contribution in [2.75, 3.05) is 10.8 Å². The van der Waals surface area contributed by atoms with Gasteiger partial charge in [0.05, 0.1) is 22.2 Å². The van der Waals surface area contributed by atoms with E-state index in [0.717, 1.165) is 5.56 Å². The highest BCUT2D eigenvalue weighted by Crippen LogP contribution is 2.37. The molecule has 0 aliphatic heterocycles. The average Bonchev–Trinajstić information content (AvgIpc) is 2.47. The summed E-state index contributed by atoms with van der Waals surface area (Å²) in [7, 11) is 0. The van der Waals surface area contributed by atoms with Crippen LogP contribution in [0.25, 0.3) is 0 Å². The van der Waals surface area contributed by atoms with Gasteiger partial charge >= 0.3 is 5.97 Å². The molecular weight excluding hydrogens is 361 g/mol. The standard InChI is InChI=1S/C15H13Cl2NO4S/c1-9-2-4-11(5-3-9)18(8-23(21)22)13-7-10(16)6-12(14(13)17)15(19)20/h2-7H,8H2,1H3,(H,19,20)(H,21,22)/p-1. The van der Waals surface area contributed by atoms with Crippen molar-refractivity contribution in [1.82, 2.24) is 0 Å². The quantitative estimate of drug-likeness (QED) is 0.802. The maximum atomic E-state index is 11.3. The van der Waals surface area contributed by atoms with Crippen molar-refractivity contribution in [3.63, 3.8) is 0 Å². The number of carbonyl (C=O) groups is 1. The number of carboxylic acids is 1. The molecule has 0 aliphatic carbocycles. The van der Waals surface area contributed by atoms with E-state index in [9.17, 15) is 18.7 Å². The highest BCUT2D eigenvalue weighted by molar-refractivity contribution is 7.79. The molecule has 0 spiro atoms. The Kier molecular flexibility index (Phi) is 5.64. The summed E-state index contributed by atoms with van der Waals surface area (Å²) in [5.74, 6) is -1.63. The lowest BCUT2D eigenvalue weighted by molar-refractivity contribution is 0.0697. The highest BCUT2D eigenvalue weighted by Gasteiger charge is 2.20. The molecule has 0 aromatic heterocycles. The van der Waals surface area contributed by atoms with Crippen LogP contribution in [0.15, 0.2) is 36.4 Å². The molecule has 0 amide bonds.